The number of benzene rings is 2. The predicted octanol–water partition coefficient (Wildman–Crippen LogP) is 3.00. The van der Waals surface area contributed by atoms with E-state index < -0.39 is 5.54 Å². The third-order valence-corrected chi connectivity index (χ3v) is 5.07. The van der Waals surface area contributed by atoms with Gasteiger partial charge in [0, 0.05) is 12.1 Å². The van der Waals surface area contributed by atoms with Gasteiger partial charge in [-0.05, 0) is 48.6 Å². The zero-order valence-electron chi connectivity index (χ0n) is 14.7. The highest BCUT2D eigenvalue weighted by Crippen LogP contribution is 2.40. The summed E-state index contributed by atoms with van der Waals surface area (Å²) in [7, 11) is 0. The zero-order chi connectivity index (χ0) is 17.6. The van der Waals surface area contributed by atoms with E-state index >= 15 is 0 Å². The Morgan fingerprint density at radius 2 is 2.00 bits per heavy atom. The number of carbonyl (C=O) groups is 1. The van der Waals surface area contributed by atoms with E-state index in [2.05, 4.69) is 0 Å². The highest BCUT2D eigenvalue weighted by molar-refractivity contribution is 5.89. The second-order valence-electron chi connectivity index (χ2n) is 7.03. The number of phenolic OH excluding ortho intramolecular Hbond substituents is 1. The standard InChI is InChI=1S/C20H22N2O3.ClH/c1-13-4-2-3-5-16(13)14-10-15-12-22(19(24)20(21)6-7-20)8-9-25-18(15)17(23)11-14;/h2-5,10-11,23H,6-9,12,21H2,1H3;1H. The zero-order valence-corrected chi connectivity index (χ0v) is 15.5. The number of halogens is 1. The quantitative estimate of drug-likeness (QED) is 0.847. The molecule has 0 spiro atoms. The summed E-state index contributed by atoms with van der Waals surface area (Å²) in [5, 5.41) is 10.5. The van der Waals surface area contributed by atoms with Gasteiger partial charge in [0.05, 0.1) is 12.1 Å². The molecule has 4 rings (SSSR count). The Morgan fingerprint density at radius 1 is 1.27 bits per heavy atom. The van der Waals surface area contributed by atoms with Gasteiger partial charge in [0.15, 0.2) is 11.5 Å². The summed E-state index contributed by atoms with van der Waals surface area (Å²) in [6.45, 7) is 3.27. The minimum absolute atomic E-state index is 0. The molecule has 1 aliphatic heterocycles. The van der Waals surface area contributed by atoms with E-state index in [-0.39, 0.29) is 24.1 Å². The van der Waals surface area contributed by atoms with Gasteiger partial charge in [-0.1, -0.05) is 24.3 Å². The van der Waals surface area contributed by atoms with Crippen LogP contribution in [0.3, 0.4) is 0 Å². The number of rotatable bonds is 2. The molecule has 2 aromatic rings. The minimum Gasteiger partial charge on any atom is -0.504 e. The monoisotopic (exact) mass is 374 g/mol. The molecule has 0 aromatic heterocycles. The summed E-state index contributed by atoms with van der Waals surface area (Å²) in [6, 6.07) is 11.7. The van der Waals surface area contributed by atoms with E-state index in [1.165, 1.54) is 0 Å². The molecule has 0 saturated heterocycles. The molecule has 26 heavy (non-hydrogen) atoms. The van der Waals surface area contributed by atoms with Gasteiger partial charge in [-0.2, -0.15) is 0 Å². The van der Waals surface area contributed by atoms with Crippen molar-refractivity contribution in [2.75, 3.05) is 13.2 Å². The SMILES string of the molecule is Cc1ccccc1-c1cc(O)c2c(c1)CN(C(=O)C1(N)CC1)CCO2.Cl. The van der Waals surface area contributed by atoms with E-state index in [9.17, 15) is 9.90 Å². The lowest BCUT2D eigenvalue weighted by atomic mass is 9.97. The molecular formula is C20H23ClN2O3. The topological polar surface area (TPSA) is 75.8 Å². The first-order valence-corrected chi connectivity index (χ1v) is 8.61. The number of amides is 1. The van der Waals surface area contributed by atoms with Gasteiger partial charge in [-0.3, -0.25) is 4.79 Å². The van der Waals surface area contributed by atoms with Crippen molar-refractivity contribution in [1.82, 2.24) is 4.90 Å². The van der Waals surface area contributed by atoms with Crippen LogP contribution < -0.4 is 10.5 Å². The molecule has 138 valence electrons. The fraction of sp³-hybridized carbons (Fsp3) is 0.350. The number of nitrogens with two attached hydrogens (primary N) is 1. The Balaban J connectivity index is 0.00000196. The van der Waals surface area contributed by atoms with Crippen molar-refractivity contribution < 1.29 is 14.6 Å². The fourth-order valence-electron chi connectivity index (χ4n) is 3.39. The Labute approximate surface area is 159 Å². The van der Waals surface area contributed by atoms with Crippen LogP contribution >= 0.6 is 12.4 Å². The maximum absolute atomic E-state index is 12.6. The first-order valence-electron chi connectivity index (χ1n) is 8.61. The molecule has 1 fully saturated rings. The van der Waals surface area contributed by atoms with E-state index in [0.29, 0.717) is 25.4 Å². The lowest BCUT2D eigenvalue weighted by Gasteiger charge is -2.23. The van der Waals surface area contributed by atoms with Crippen molar-refractivity contribution in [2.24, 2.45) is 5.73 Å². The molecule has 1 amide bonds. The van der Waals surface area contributed by atoms with Crippen LogP contribution in [-0.4, -0.2) is 34.6 Å². The Hall–Kier alpha value is -2.24. The summed E-state index contributed by atoms with van der Waals surface area (Å²) < 4.78 is 5.73. The molecule has 1 aliphatic carbocycles. The average Bonchev–Trinajstić information content (AvgIpc) is 3.37. The van der Waals surface area contributed by atoms with Crippen molar-refractivity contribution in [3.8, 4) is 22.6 Å². The second-order valence-corrected chi connectivity index (χ2v) is 7.03. The van der Waals surface area contributed by atoms with Crippen LogP contribution in [-0.2, 0) is 11.3 Å². The van der Waals surface area contributed by atoms with Crippen LogP contribution in [0.4, 0.5) is 0 Å². The lowest BCUT2D eigenvalue weighted by molar-refractivity contribution is -0.134. The first kappa shape index (κ1) is 18.5. The average molecular weight is 375 g/mol. The van der Waals surface area contributed by atoms with Crippen molar-refractivity contribution in [3.05, 3.63) is 47.5 Å². The van der Waals surface area contributed by atoms with Crippen LogP contribution in [0.15, 0.2) is 36.4 Å². The Morgan fingerprint density at radius 3 is 2.69 bits per heavy atom. The third kappa shape index (κ3) is 3.24. The molecule has 2 aromatic carbocycles. The Bertz CT molecular complexity index is 849. The number of aromatic hydroxyl groups is 1. The van der Waals surface area contributed by atoms with Crippen molar-refractivity contribution in [2.45, 2.75) is 31.8 Å². The molecule has 1 saturated carbocycles. The van der Waals surface area contributed by atoms with E-state index in [4.69, 9.17) is 10.5 Å². The van der Waals surface area contributed by atoms with E-state index in [1.807, 2.05) is 37.3 Å². The second kappa shape index (κ2) is 6.82. The number of hydrogen-bond donors (Lipinski definition) is 2. The third-order valence-electron chi connectivity index (χ3n) is 5.07. The highest BCUT2D eigenvalue weighted by Gasteiger charge is 2.48. The molecule has 2 aliphatic rings. The normalized spacial score (nSPS) is 17.4. The van der Waals surface area contributed by atoms with Crippen LogP contribution in [0.2, 0.25) is 0 Å². The summed E-state index contributed by atoms with van der Waals surface area (Å²) >= 11 is 0. The van der Waals surface area contributed by atoms with Gasteiger partial charge < -0.3 is 20.5 Å². The number of ether oxygens (including phenoxy) is 1. The summed E-state index contributed by atoms with van der Waals surface area (Å²) in [5.41, 5.74) is 9.30. The van der Waals surface area contributed by atoms with Gasteiger partial charge in [0.25, 0.3) is 0 Å². The maximum Gasteiger partial charge on any atom is 0.243 e. The van der Waals surface area contributed by atoms with E-state index in [1.54, 1.807) is 11.0 Å². The smallest absolute Gasteiger partial charge is 0.243 e. The van der Waals surface area contributed by atoms with Gasteiger partial charge in [0.1, 0.15) is 6.61 Å². The first-order chi connectivity index (χ1) is 12.0. The highest BCUT2D eigenvalue weighted by atomic mass is 35.5. The van der Waals surface area contributed by atoms with Gasteiger partial charge in [-0.25, -0.2) is 0 Å². The molecule has 0 atom stereocenters. The number of hydrogen-bond acceptors (Lipinski definition) is 4. The summed E-state index contributed by atoms with van der Waals surface area (Å²) in [4.78, 5) is 14.4. The molecule has 0 radical (unpaired) electrons. The van der Waals surface area contributed by atoms with Crippen molar-refractivity contribution in [3.63, 3.8) is 0 Å². The number of phenols is 1. The minimum atomic E-state index is -0.694. The molecular weight excluding hydrogens is 352 g/mol. The molecule has 6 heteroatoms. The predicted molar refractivity (Wildman–Crippen MR) is 103 cm³/mol. The van der Waals surface area contributed by atoms with E-state index in [0.717, 1.165) is 35.1 Å². The number of carbonyl (C=O) groups excluding carboxylic acids is 1. The number of fused-ring (bicyclic) bond motifs is 1. The van der Waals surface area contributed by atoms with Gasteiger partial charge >= 0.3 is 0 Å². The summed E-state index contributed by atoms with van der Waals surface area (Å²) in [5.74, 6) is 0.554. The van der Waals surface area contributed by atoms with Crippen LogP contribution in [0.5, 0.6) is 11.5 Å². The largest absolute Gasteiger partial charge is 0.504 e. The maximum atomic E-state index is 12.6. The molecule has 5 nitrogen and oxygen atoms in total. The van der Waals surface area contributed by atoms with Crippen molar-refractivity contribution >= 4 is 18.3 Å². The molecule has 1 heterocycles. The van der Waals surface area contributed by atoms with Crippen LogP contribution in [0.1, 0.15) is 24.0 Å². The molecule has 0 bridgehead atoms. The van der Waals surface area contributed by atoms with Gasteiger partial charge in [-0.15, -0.1) is 12.4 Å². The Kier molecular flexibility index (Phi) is 4.86. The molecule has 0 unspecified atom stereocenters. The number of nitrogens with zero attached hydrogens (tertiary/aromatic N) is 1. The van der Waals surface area contributed by atoms with Gasteiger partial charge in [0.2, 0.25) is 5.91 Å². The number of aryl methyl sites for hydroxylation is 1. The van der Waals surface area contributed by atoms with Crippen LogP contribution in [0, 0.1) is 6.92 Å². The molecule has 3 N–H and O–H groups in total. The van der Waals surface area contributed by atoms with Crippen LogP contribution in [0.25, 0.3) is 11.1 Å². The summed E-state index contributed by atoms with van der Waals surface area (Å²) in [6.07, 6.45) is 1.48. The lowest BCUT2D eigenvalue weighted by Crippen LogP contribution is -2.46. The fourth-order valence-corrected chi connectivity index (χ4v) is 3.39. The van der Waals surface area contributed by atoms with Crippen molar-refractivity contribution in [1.29, 1.82) is 0 Å².